The topological polar surface area (TPSA) is 70.4 Å². The van der Waals surface area contributed by atoms with E-state index in [1.165, 1.54) is 23.3 Å². The van der Waals surface area contributed by atoms with Gasteiger partial charge in [0.05, 0.1) is 16.1 Å². The van der Waals surface area contributed by atoms with E-state index in [1.807, 2.05) is 30.3 Å². The van der Waals surface area contributed by atoms with Crippen molar-refractivity contribution in [3.8, 4) is 0 Å². The minimum atomic E-state index is -4.60. The molecule has 0 radical (unpaired) electrons. The van der Waals surface area contributed by atoms with Crippen LogP contribution in [0.4, 0.5) is 13.2 Å². The number of nitrogens with zero attached hydrogens (tertiary/aromatic N) is 1. The van der Waals surface area contributed by atoms with Gasteiger partial charge in [0.1, 0.15) is 0 Å². The van der Waals surface area contributed by atoms with Crippen LogP contribution < -0.4 is 16.4 Å². The number of benzene rings is 4. The number of alkyl halides is 3. The van der Waals surface area contributed by atoms with E-state index in [0.717, 1.165) is 31.3 Å². The highest BCUT2D eigenvalue weighted by atomic mass is 35.5. The summed E-state index contributed by atoms with van der Waals surface area (Å²) in [6.07, 6.45) is -4.60. The van der Waals surface area contributed by atoms with E-state index < -0.39 is 22.7 Å². The summed E-state index contributed by atoms with van der Waals surface area (Å²) in [7, 11) is 0. The highest BCUT2D eigenvalue weighted by Crippen LogP contribution is 2.36. The quantitative estimate of drug-likeness (QED) is 0.232. The first-order valence-electron chi connectivity index (χ1n) is 14.7. The molecule has 4 N–H and O–H groups in total. The third-order valence-corrected chi connectivity index (χ3v) is 8.63. The highest BCUT2D eigenvalue weighted by Gasteiger charge is 2.36. The van der Waals surface area contributed by atoms with Crippen LogP contribution in [-0.4, -0.2) is 49.1 Å². The third-order valence-electron chi connectivity index (χ3n) is 8.22. The number of nitrogens with one attached hydrogen (secondary N) is 2. The van der Waals surface area contributed by atoms with Crippen molar-refractivity contribution >= 4 is 17.5 Å². The SMILES string of the molecule is N[C@H]1CN(Cc2ccccc2)C[C@@H]1c1ccccc1.O=C(N[C@H]1CNC[C@@H]1c1ccccc1)c1cccc(C(F)(F)F)c1Cl. The zero-order valence-electron chi connectivity index (χ0n) is 24.2. The van der Waals surface area contributed by atoms with Crippen LogP contribution >= 0.6 is 11.6 Å². The van der Waals surface area contributed by atoms with Gasteiger partial charge in [-0.2, -0.15) is 13.2 Å². The summed E-state index contributed by atoms with van der Waals surface area (Å²) in [5.41, 5.74) is 8.93. The number of rotatable bonds is 6. The lowest BCUT2D eigenvalue weighted by Gasteiger charge is -2.21. The number of hydrogen-bond donors (Lipinski definition) is 3. The molecule has 6 rings (SSSR count). The van der Waals surface area contributed by atoms with Gasteiger partial charge < -0.3 is 16.4 Å². The molecular formula is C35H36ClF3N4O. The van der Waals surface area contributed by atoms with E-state index in [9.17, 15) is 18.0 Å². The highest BCUT2D eigenvalue weighted by molar-refractivity contribution is 6.34. The molecular weight excluding hydrogens is 585 g/mol. The molecule has 0 unspecified atom stereocenters. The zero-order chi connectivity index (χ0) is 31.1. The smallest absolute Gasteiger partial charge is 0.347 e. The van der Waals surface area contributed by atoms with Gasteiger partial charge in [0.2, 0.25) is 0 Å². The van der Waals surface area contributed by atoms with Crippen LogP contribution in [0.1, 0.15) is 44.4 Å². The summed E-state index contributed by atoms with van der Waals surface area (Å²) < 4.78 is 38.9. The summed E-state index contributed by atoms with van der Waals surface area (Å²) in [4.78, 5) is 14.9. The number of hydrogen-bond acceptors (Lipinski definition) is 4. The van der Waals surface area contributed by atoms with Crippen molar-refractivity contribution in [1.29, 1.82) is 0 Å². The number of amides is 1. The molecule has 230 valence electrons. The first kappa shape index (κ1) is 31.7. The molecule has 2 aliphatic rings. The predicted molar refractivity (Wildman–Crippen MR) is 169 cm³/mol. The number of halogens is 4. The van der Waals surface area contributed by atoms with Gasteiger partial charge in [-0.1, -0.05) is 109 Å². The van der Waals surface area contributed by atoms with Crippen molar-refractivity contribution in [3.63, 3.8) is 0 Å². The molecule has 2 aliphatic heterocycles. The van der Waals surface area contributed by atoms with E-state index in [4.69, 9.17) is 17.3 Å². The van der Waals surface area contributed by atoms with Crippen molar-refractivity contribution in [2.24, 2.45) is 5.73 Å². The Bertz CT molecular complexity index is 1510. The second kappa shape index (κ2) is 14.4. The Balaban J connectivity index is 0.000000181. The first-order valence-corrected chi connectivity index (χ1v) is 15.1. The molecule has 2 heterocycles. The Morgan fingerprint density at radius 3 is 2.02 bits per heavy atom. The van der Waals surface area contributed by atoms with E-state index in [1.54, 1.807) is 0 Å². The van der Waals surface area contributed by atoms with Gasteiger partial charge in [-0.05, 0) is 28.8 Å². The Hall–Kier alpha value is -3.69. The molecule has 4 atom stereocenters. The van der Waals surface area contributed by atoms with Crippen LogP contribution in [0.3, 0.4) is 0 Å². The molecule has 4 aromatic rings. The molecule has 0 bridgehead atoms. The van der Waals surface area contributed by atoms with Crippen molar-refractivity contribution in [2.45, 2.75) is 36.6 Å². The molecule has 2 saturated heterocycles. The van der Waals surface area contributed by atoms with Crippen molar-refractivity contribution in [3.05, 3.63) is 142 Å². The van der Waals surface area contributed by atoms with E-state index in [2.05, 4.69) is 76.2 Å². The fourth-order valence-electron chi connectivity index (χ4n) is 5.99. The standard InChI is InChI=1S/C18H16ClF3N2O.C17H20N2/c19-16-12(7-4-8-14(16)18(20,21)22)17(25)24-15-10-23-9-13(15)11-5-2-1-3-6-11;18-17-13-19(11-14-7-3-1-4-8-14)12-16(17)15-9-5-2-6-10-15/h1-8,13,15,23H,9-10H2,(H,24,25);1-10,16-17H,11-13,18H2/t13-,15+;16-,17+/m11/s1. The minimum Gasteiger partial charge on any atom is -0.347 e. The van der Waals surface area contributed by atoms with Gasteiger partial charge in [-0.25, -0.2) is 0 Å². The van der Waals surface area contributed by atoms with Crippen LogP contribution in [0.25, 0.3) is 0 Å². The van der Waals surface area contributed by atoms with Crippen LogP contribution in [0.2, 0.25) is 5.02 Å². The Kier molecular flexibility index (Phi) is 10.4. The maximum atomic E-state index is 13.0. The summed E-state index contributed by atoms with van der Waals surface area (Å²) in [5, 5.41) is 5.44. The molecule has 0 saturated carbocycles. The zero-order valence-corrected chi connectivity index (χ0v) is 24.9. The van der Waals surface area contributed by atoms with Gasteiger partial charge in [0.25, 0.3) is 5.91 Å². The first-order chi connectivity index (χ1) is 21.2. The van der Waals surface area contributed by atoms with Crippen molar-refractivity contribution in [2.75, 3.05) is 26.2 Å². The lowest BCUT2D eigenvalue weighted by atomic mass is 9.94. The molecule has 9 heteroatoms. The second-order valence-electron chi connectivity index (χ2n) is 11.3. The number of carbonyl (C=O) groups is 1. The predicted octanol–water partition coefficient (Wildman–Crippen LogP) is 6.46. The van der Waals surface area contributed by atoms with E-state index >= 15 is 0 Å². The Labute approximate surface area is 261 Å². The second-order valence-corrected chi connectivity index (χ2v) is 11.7. The summed E-state index contributed by atoms with van der Waals surface area (Å²) >= 11 is 5.83. The van der Waals surface area contributed by atoms with E-state index in [-0.39, 0.29) is 23.6 Å². The van der Waals surface area contributed by atoms with Gasteiger partial charge >= 0.3 is 6.18 Å². The molecule has 4 aromatic carbocycles. The number of carbonyl (C=O) groups excluding carboxylic acids is 1. The van der Waals surface area contributed by atoms with Crippen LogP contribution in [-0.2, 0) is 12.7 Å². The number of likely N-dealkylation sites (tertiary alicyclic amines) is 1. The lowest BCUT2D eigenvalue weighted by Crippen LogP contribution is -2.39. The summed E-state index contributed by atoms with van der Waals surface area (Å²) in [6, 6.07) is 34.3. The van der Waals surface area contributed by atoms with Crippen molar-refractivity contribution < 1.29 is 18.0 Å². The molecule has 0 aliphatic carbocycles. The van der Waals surface area contributed by atoms with Gasteiger partial charge in [-0.3, -0.25) is 9.69 Å². The molecule has 0 spiro atoms. The molecule has 0 aromatic heterocycles. The Morgan fingerprint density at radius 2 is 1.41 bits per heavy atom. The van der Waals surface area contributed by atoms with Gasteiger partial charge in [0.15, 0.2) is 0 Å². The Morgan fingerprint density at radius 1 is 0.818 bits per heavy atom. The fourth-order valence-corrected chi connectivity index (χ4v) is 6.31. The minimum absolute atomic E-state index is 0.0507. The van der Waals surface area contributed by atoms with Crippen LogP contribution in [0.15, 0.2) is 109 Å². The maximum Gasteiger partial charge on any atom is 0.417 e. The average Bonchev–Trinajstić information content (AvgIpc) is 3.64. The molecule has 1 amide bonds. The van der Waals surface area contributed by atoms with Crippen LogP contribution in [0, 0.1) is 0 Å². The normalized spacial score (nSPS) is 21.8. The number of nitrogens with two attached hydrogens (primary N) is 1. The van der Waals surface area contributed by atoms with Crippen LogP contribution in [0.5, 0.6) is 0 Å². The average molecular weight is 621 g/mol. The third kappa shape index (κ3) is 7.87. The molecule has 5 nitrogen and oxygen atoms in total. The fraction of sp³-hybridized carbons (Fsp3) is 0.286. The monoisotopic (exact) mass is 620 g/mol. The van der Waals surface area contributed by atoms with Gasteiger partial charge in [-0.15, -0.1) is 0 Å². The lowest BCUT2D eigenvalue weighted by molar-refractivity contribution is -0.137. The largest absolute Gasteiger partial charge is 0.417 e. The maximum absolute atomic E-state index is 13.0. The molecule has 44 heavy (non-hydrogen) atoms. The summed E-state index contributed by atoms with van der Waals surface area (Å²) in [6.45, 7) is 4.26. The van der Waals surface area contributed by atoms with E-state index in [0.29, 0.717) is 19.0 Å². The van der Waals surface area contributed by atoms with Crippen molar-refractivity contribution in [1.82, 2.24) is 15.5 Å². The van der Waals surface area contributed by atoms with Gasteiger partial charge in [0, 0.05) is 56.6 Å². The summed E-state index contributed by atoms with van der Waals surface area (Å²) in [5.74, 6) is -0.0923. The molecule has 2 fully saturated rings.